The van der Waals surface area contributed by atoms with E-state index in [1.807, 2.05) is 49.5 Å². The fourth-order valence-electron chi connectivity index (χ4n) is 4.44. The average molecular weight is 554 g/mol. The van der Waals surface area contributed by atoms with Gasteiger partial charge in [-0.15, -0.1) is 0 Å². The Morgan fingerprint density at radius 1 is 1.11 bits per heavy atom. The van der Waals surface area contributed by atoms with Crippen molar-refractivity contribution in [2.24, 2.45) is 0 Å². The summed E-state index contributed by atoms with van der Waals surface area (Å²) in [5.74, 6) is 0.242. The molecule has 0 saturated carbocycles. The molecule has 0 radical (unpaired) electrons. The smallest absolute Gasteiger partial charge is 0.317 e. The highest BCUT2D eigenvalue weighted by Gasteiger charge is 2.45. The van der Waals surface area contributed by atoms with Crippen LogP contribution in [0.2, 0.25) is 10.0 Å². The van der Waals surface area contributed by atoms with Crippen LogP contribution in [-0.4, -0.2) is 56.1 Å². The van der Waals surface area contributed by atoms with Crippen molar-refractivity contribution in [3.05, 3.63) is 86.3 Å². The zero-order valence-corrected chi connectivity index (χ0v) is 22.7. The SMILES string of the molecule is CC(C)n1c(-c2cnc(OCN(C)C)nc2)nc2c1C(c1ccc(Cl)cc1)N(c1c[nH]c(=O)c(Cl)c1)C2=O. The molecule has 1 N–H and O–H groups in total. The van der Waals surface area contributed by atoms with Crippen LogP contribution in [0.4, 0.5) is 5.69 Å². The first-order valence-corrected chi connectivity index (χ1v) is 12.6. The fourth-order valence-corrected chi connectivity index (χ4v) is 4.73. The zero-order chi connectivity index (χ0) is 27.1. The Morgan fingerprint density at radius 2 is 1.79 bits per heavy atom. The van der Waals surface area contributed by atoms with Gasteiger partial charge in [-0.3, -0.25) is 19.4 Å². The van der Waals surface area contributed by atoms with E-state index in [0.29, 0.717) is 40.2 Å². The van der Waals surface area contributed by atoms with Crippen LogP contribution in [0.3, 0.4) is 0 Å². The maximum atomic E-state index is 13.9. The van der Waals surface area contributed by atoms with Crippen molar-refractivity contribution >= 4 is 34.8 Å². The molecule has 1 aliphatic heterocycles. The molecule has 1 amide bonds. The Bertz CT molecular complexity index is 1550. The molecule has 4 heterocycles. The summed E-state index contributed by atoms with van der Waals surface area (Å²) >= 11 is 12.3. The summed E-state index contributed by atoms with van der Waals surface area (Å²) in [7, 11) is 3.77. The molecular formula is C26H25Cl2N7O3. The number of ether oxygens (including phenoxy) is 1. The zero-order valence-electron chi connectivity index (χ0n) is 21.1. The molecule has 12 heteroatoms. The summed E-state index contributed by atoms with van der Waals surface area (Å²) in [5, 5.41) is 0.555. The predicted molar refractivity (Wildman–Crippen MR) is 145 cm³/mol. The molecule has 196 valence electrons. The predicted octanol–water partition coefficient (Wildman–Crippen LogP) is 4.56. The van der Waals surface area contributed by atoms with Gasteiger partial charge in [0.15, 0.2) is 5.69 Å². The third kappa shape index (κ3) is 4.66. The van der Waals surface area contributed by atoms with Crippen LogP contribution in [-0.2, 0) is 0 Å². The van der Waals surface area contributed by atoms with Crippen LogP contribution in [0.5, 0.6) is 6.01 Å². The number of rotatable bonds is 7. The van der Waals surface area contributed by atoms with Gasteiger partial charge < -0.3 is 14.3 Å². The van der Waals surface area contributed by atoms with Gasteiger partial charge in [0.05, 0.1) is 16.9 Å². The molecule has 0 fully saturated rings. The van der Waals surface area contributed by atoms with Gasteiger partial charge in [-0.25, -0.2) is 15.0 Å². The third-order valence-electron chi connectivity index (χ3n) is 6.05. The van der Waals surface area contributed by atoms with E-state index in [1.165, 1.54) is 12.3 Å². The van der Waals surface area contributed by atoms with Crippen molar-refractivity contribution < 1.29 is 9.53 Å². The number of nitrogens with one attached hydrogen (secondary N) is 1. The lowest BCUT2D eigenvalue weighted by molar-refractivity contribution is 0.0989. The molecule has 1 atom stereocenters. The molecular weight excluding hydrogens is 529 g/mol. The Kier molecular flexibility index (Phi) is 6.95. The topological polar surface area (TPSA) is 109 Å². The molecule has 38 heavy (non-hydrogen) atoms. The van der Waals surface area contributed by atoms with Crippen LogP contribution in [0.1, 0.15) is 47.7 Å². The third-order valence-corrected chi connectivity index (χ3v) is 6.58. The van der Waals surface area contributed by atoms with Crippen LogP contribution < -0.4 is 15.2 Å². The fraction of sp³-hybridized carbons (Fsp3) is 0.269. The number of benzene rings is 1. The maximum absolute atomic E-state index is 13.9. The average Bonchev–Trinajstić information content (AvgIpc) is 3.41. The van der Waals surface area contributed by atoms with Gasteiger partial charge in [0.2, 0.25) is 0 Å². The lowest BCUT2D eigenvalue weighted by atomic mass is 10.0. The molecule has 5 rings (SSSR count). The van der Waals surface area contributed by atoms with Crippen LogP contribution in [0, 0.1) is 0 Å². The minimum atomic E-state index is -0.552. The van der Waals surface area contributed by atoms with E-state index in [1.54, 1.807) is 29.4 Å². The molecule has 10 nitrogen and oxygen atoms in total. The number of hydrogen-bond acceptors (Lipinski definition) is 7. The maximum Gasteiger partial charge on any atom is 0.317 e. The minimum Gasteiger partial charge on any atom is -0.447 e. The first-order valence-electron chi connectivity index (χ1n) is 11.8. The number of aromatic amines is 1. The minimum absolute atomic E-state index is 0.0177. The van der Waals surface area contributed by atoms with Crippen molar-refractivity contribution in [2.75, 3.05) is 25.7 Å². The number of pyridine rings is 1. The Balaban J connectivity index is 1.66. The summed E-state index contributed by atoms with van der Waals surface area (Å²) in [6, 6.07) is 8.39. The highest BCUT2D eigenvalue weighted by atomic mass is 35.5. The van der Waals surface area contributed by atoms with Gasteiger partial charge in [-0.05, 0) is 51.7 Å². The summed E-state index contributed by atoms with van der Waals surface area (Å²) in [4.78, 5) is 45.3. The van der Waals surface area contributed by atoms with E-state index < -0.39 is 11.6 Å². The second-order valence-corrected chi connectivity index (χ2v) is 10.2. The number of carbonyl (C=O) groups excluding carboxylic acids is 1. The summed E-state index contributed by atoms with van der Waals surface area (Å²) in [6.45, 7) is 4.38. The van der Waals surface area contributed by atoms with Crippen molar-refractivity contribution in [3.8, 4) is 17.4 Å². The van der Waals surface area contributed by atoms with Crippen molar-refractivity contribution in [1.29, 1.82) is 0 Å². The van der Waals surface area contributed by atoms with Crippen LogP contribution in [0.25, 0.3) is 11.4 Å². The summed E-state index contributed by atoms with van der Waals surface area (Å²) < 4.78 is 7.56. The van der Waals surface area contributed by atoms with Crippen molar-refractivity contribution in [2.45, 2.75) is 25.9 Å². The number of aromatic nitrogens is 5. The molecule has 0 aliphatic carbocycles. The number of halogens is 2. The van der Waals surface area contributed by atoms with E-state index in [9.17, 15) is 9.59 Å². The normalized spacial score (nSPS) is 15.0. The molecule has 3 aromatic heterocycles. The van der Waals surface area contributed by atoms with Gasteiger partial charge in [0.25, 0.3) is 11.5 Å². The number of fused-ring (bicyclic) bond motifs is 1. The van der Waals surface area contributed by atoms with Gasteiger partial charge in [0, 0.05) is 29.7 Å². The van der Waals surface area contributed by atoms with Crippen molar-refractivity contribution in [1.82, 2.24) is 29.4 Å². The van der Waals surface area contributed by atoms with Gasteiger partial charge in [0.1, 0.15) is 23.6 Å². The highest BCUT2D eigenvalue weighted by Crippen LogP contribution is 2.44. The molecule has 1 aliphatic rings. The number of amides is 1. The Morgan fingerprint density at radius 3 is 2.39 bits per heavy atom. The molecule has 1 aromatic carbocycles. The standard InChI is InChI=1S/C26H25Cl2N7O3/c1-14(2)34-22-20(32-23(34)16-10-30-26(31-11-16)38-13-33(3)4)25(37)35(18-9-19(28)24(36)29-12-18)21(22)15-5-7-17(27)8-6-15/h5-12,14,21H,13H2,1-4H3,(H,29,36). The van der Waals surface area contributed by atoms with Crippen molar-refractivity contribution in [3.63, 3.8) is 0 Å². The Labute approximate surface area is 228 Å². The van der Waals surface area contributed by atoms with Gasteiger partial charge >= 0.3 is 6.01 Å². The summed E-state index contributed by atoms with van der Waals surface area (Å²) in [5.41, 5.74) is 2.47. The van der Waals surface area contributed by atoms with E-state index in [0.717, 1.165) is 5.56 Å². The summed E-state index contributed by atoms with van der Waals surface area (Å²) in [6.07, 6.45) is 4.74. The first kappa shape index (κ1) is 25.9. The largest absolute Gasteiger partial charge is 0.447 e. The second kappa shape index (κ2) is 10.2. The Hall–Kier alpha value is -3.73. The molecule has 0 saturated heterocycles. The monoisotopic (exact) mass is 553 g/mol. The van der Waals surface area contributed by atoms with E-state index in [2.05, 4.69) is 15.0 Å². The number of H-pyrrole nitrogens is 1. The van der Waals surface area contributed by atoms with Crippen LogP contribution in [0.15, 0.2) is 53.7 Å². The van der Waals surface area contributed by atoms with Crippen LogP contribution >= 0.6 is 23.2 Å². The first-order chi connectivity index (χ1) is 18.2. The number of nitrogens with zero attached hydrogens (tertiary/aromatic N) is 6. The molecule has 4 aromatic rings. The molecule has 1 unspecified atom stereocenters. The number of carbonyl (C=O) groups is 1. The highest BCUT2D eigenvalue weighted by molar-refractivity contribution is 6.31. The lowest BCUT2D eigenvalue weighted by Gasteiger charge is -2.28. The van der Waals surface area contributed by atoms with Gasteiger partial charge in [-0.2, -0.15) is 0 Å². The quantitative estimate of drug-likeness (QED) is 0.334. The van der Waals surface area contributed by atoms with E-state index >= 15 is 0 Å². The second-order valence-electron chi connectivity index (χ2n) is 9.40. The number of imidazole rings is 1. The van der Waals surface area contributed by atoms with E-state index in [4.69, 9.17) is 32.9 Å². The number of hydrogen-bond donors (Lipinski definition) is 1. The van der Waals surface area contributed by atoms with Gasteiger partial charge in [-0.1, -0.05) is 35.3 Å². The lowest BCUT2D eigenvalue weighted by Crippen LogP contribution is -2.31. The van der Waals surface area contributed by atoms with E-state index in [-0.39, 0.29) is 23.0 Å². The number of anilines is 1. The molecule has 0 bridgehead atoms. The molecule has 0 spiro atoms.